The van der Waals surface area contributed by atoms with E-state index in [2.05, 4.69) is 72.8 Å². The fourth-order valence-corrected chi connectivity index (χ4v) is 4.78. The van der Waals surface area contributed by atoms with Crippen LogP contribution in [0.25, 0.3) is 0 Å². The second-order valence-electron chi connectivity index (χ2n) is 6.60. The summed E-state index contributed by atoms with van der Waals surface area (Å²) in [5.74, 6) is 1.03. The summed E-state index contributed by atoms with van der Waals surface area (Å²) in [4.78, 5) is 11.9. The summed E-state index contributed by atoms with van der Waals surface area (Å²) >= 11 is 1.84. The number of Topliss-reactive ketones (excluding diaryl/α,β-unsaturated/α-hetero) is 1. The van der Waals surface area contributed by atoms with E-state index in [4.69, 9.17) is 0 Å². The molecule has 0 amide bonds. The quantitative estimate of drug-likeness (QED) is 0.485. The summed E-state index contributed by atoms with van der Waals surface area (Å²) in [7, 11) is 0. The molecule has 0 aliphatic heterocycles. The lowest BCUT2D eigenvalue weighted by atomic mass is 9.84. The fourth-order valence-electron chi connectivity index (χ4n) is 3.14. The van der Waals surface area contributed by atoms with Crippen molar-refractivity contribution in [1.82, 2.24) is 0 Å². The number of rotatable bonds is 7. The van der Waals surface area contributed by atoms with Crippen molar-refractivity contribution < 1.29 is 4.79 Å². The van der Waals surface area contributed by atoms with Crippen molar-refractivity contribution in [3.05, 3.63) is 108 Å². The maximum absolute atomic E-state index is 11.9. The Labute approximate surface area is 160 Å². The predicted molar refractivity (Wildman–Crippen MR) is 112 cm³/mol. The largest absolute Gasteiger partial charge is 0.300 e. The van der Waals surface area contributed by atoms with Crippen LogP contribution in [0.4, 0.5) is 0 Å². The molecule has 0 saturated heterocycles. The normalized spacial score (nSPS) is 12.5. The second kappa shape index (κ2) is 8.37. The van der Waals surface area contributed by atoms with Gasteiger partial charge < -0.3 is 0 Å². The Balaban J connectivity index is 2.19. The van der Waals surface area contributed by atoms with Gasteiger partial charge in [0.2, 0.25) is 0 Å². The summed E-state index contributed by atoms with van der Waals surface area (Å²) in [6.07, 6.45) is 0. The SMILES string of the molecule is CC(=O)[C@@H](C)CSC(c1ccccc1)(c1ccccc1)c1ccccc1. The summed E-state index contributed by atoms with van der Waals surface area (Å²) in [6, 6.07) is 31.8. The highest BCUT2D eigenvalue weighted by molar-refractivity contribution is 8.00. The van der Waals surface area contributed by atoms with Crippen molar-refractivity contribution in [2.45, 2.75) is 18.6 Å². The van der Waals surface area contributed by atoms with Gasteiger partial charge in [0.05, 0.1) is 4.75 Å². The third kappa shape index (κ3) is 3.76. The molecule has 1 nitrogen and oxygen atoms in total. The van der Waals surface area contributed by atoms with Crippen molar-refractivity contribution in [1.29, 1.82) is 0 Å². The molecule has 1 atom stereocenters. The maximum atomic E-state index is 11.9. The van der Waals surface area contributed by atoms with E-state index in [1.54, 1.807) is 6.92 Å². The highest BCUT2D eigenvalue weighted by Gasteiger charge is 2.37. The Hall–Kier alpha value is -2.32. The number of carbonyl (C=O) groups is 1. The number of ketones is 1. The summed E-state index contributed by atoms with van der Waals surface area (Å²) in [5.41, 5.74) is 3.70. The second-order valence-corrected chi connectivity index (χ2v) is 7.84. The number of carbonyl (C=O) groups excluding carboxylic acids is 1. The lowest BCUT2D eigenvalue weighted by Gasteiger charge is -2.36. The molecule has 0 aliphatic carbocycles. The molecule has 3 aromatic carbocycles. The van der Waals surface area contributed by atoms with Gasteiger partial charge in [-0.15, -0.1) is 11.8 Å². The third-order valence-electron chi connectivity index (χ3n) is 4.78. The van der Waals surface area contributed by atoms with Gasteiger partial charge in [0.15, 0.2) is 0 Å². The molecule has 0 saturated carbocycles. The van der Waals surface area contributed by atoms with Gasteiger partial charge >= 0.3 is 0 Å². The highest BCUT2D eigenvalue weighted by Crippen LogP contribution is 2.48. The monoisotopic (exact) mass is 360 g/mol. The zero-order chi connectivity index (χ0) is 18.4. The lowest BCUT2D eigenvalue weighted by Crippen LogP contribution is -2.27. The van der Waals surface area contributed by atoms with Gasteiger partial charge in [-0.1, -0.05) is 97.9 Å². The lowest BCUT2D eigenvalue weighted by molar-refractivity contribution is -0.119. The van der Waals surface area contributed by atoms with Crippen molar-refractivity contribution >= 4 is 17.5 Å². The first kappa shape index (κ1) is 18.5. The first-order valence-electron chi connectivity index (χ1n) is 8.95. The van der Waals surface area contributed by atoms with Crippen LogP contribution in [0.5, 0.6) is 0 Å². The van der Waals surface area contributed by atoms with Gasteiger partial charge in [-0.25, -0.2) is 0 Å². The van der Waals surface area contributed by atoms with Gasteiger partial charge in [0.1, 0.15) is 5.78 Å². The van der Waals surface area contributed by atoms with E-state index in [1.807, 2.05) is 36.9 Å². The third-order valence-corrected chi connectivity index (χ3v) is 6.59. The Morgan fingerprint density at radius 3 is 1.42 bits per heavy atom. The van der Waals surface area contributed by atoms with Crippen LogP contribution in [0.3, 0.4) is 0 Å². The molecule has 3 aromatic rings. The highest BCUT2D eigenvalue weighted by atomic mass is 32.2. The topological polar surface area (TPSA) is 17.1 Å². The molecule has 0 aliphatic rings. The Morgan fingerprint density at radius 2 is 1.12 bits per heavy atom. The first-order chi connectivity index (χ1) is 12.6. The van der Waals surface area contributed by atoms with Crippen molar-refractivity contribution in [2.75, 3.05) is 5.75 Å². The zero-order valence-corrected chi connectivity index (χ0v) is 16.1. The molecule has 26 heavy (non-hydrogen) atoms. The molecule has 0 heterocycles. The van der Waals surface area contributed by atoms with E-state index in [1.165, 1.54) is 16.7 Å². The minimum Gasteiger partial charge on any atom is -0.300 e. The van der Waals surface area contributed by atoms with Gasteiger partial charge in [-0.2, -0.15) is 0 Å². The van der Waals surface area contributed by atoms with Crippen LogP contribution < -0.4 is 0 Å². The molecule has 0 radical (unpaired) electrons. The number of hydrogen-bond donors (Lipinski definition) is 0. The van der Waals surface area contributed by atoms with E-state index in [0.29, 0.717) is 0 Å². The molecule has 2 heteroatoms. The fraction of sp³-hybridized carbons (Fsp3) is 0.208. The average molecular weight is 361 g/mol. The minimum atomic E-state index is -0.340. The zero-order valence-electron chi connectivity index (χ0n) is 15.3. The average Bonchev–Trinajstić information content (AvgIpc) is 2.70. The standard InChI is InChI=1S/C24H24OS/c1-19(20(2)25)18-26-24(21-12-6-3-7-13-21,22-14-8-4-9-15-22)23-16-10-5-11-17-23/h3-17,19H,18H2,1-2H3/t19-/m0/s1. The van der Waals surface area contributed by atoms with Crippen LogP contribution in [0, 0.1) is 5.92 Å². The first-order valence-corrected chi connectivity index (χ1v) is 9.94. The van der Waals surface area contributed by atoms with Crippen molar-refractivity contribution in [3.8, 4) is 0 Å². The molecule has 0 unspecified atom stereocenters. The maximum Gasteiger partial charge on any atom is 0.133 e. The Bertz CT molecular complexity index is 731. The minimum absolute atomic E-state index is 0.0236. The van der Waals surface area contributed by atoms with Crippen LogP contribution in [0.15, 0.2) is 91.0 Å². The molecule has 3 rings (SSSR count). The van der Waals surface area contributed by atoms with E-state index in [-0.39, 0.29) is 16.4 Å². The number of thioether (sulfide) groups is 1. The van der Waals surface area contributed by atoms with Gasteiger partial charge in [-0.05, 0) is 23.6 Å². The Morgan fingerprint density at radius 1 is 0.769 bits per heavy atom. The van der Waals surface area contributed by atoms with Crippen LogP contribution >= 0.6 is 11.8 Å². The van der Waals surface area contributed by atoms with Crippen molar-refractivity contribution in [3.63, 3.8) is 0 Å². The van der Waals surface area contributed by atoms with E-state index in [0.717, 1.165) is 5.75 Å². The summed E-state index contributed by atoms with van der Waals surface area (Å²) in [6.45, 7) is 3.70. The van der Waals surface area contributed by atoms with Crippen LogP contribution in [-0.4, -0.2) is 11.5 Å². The molecule has 0 aromatic heterocycles. The smallest absolute Gasteiger partial charge is 0.133 e. The van der Waals surface area contributed by atoms with Crippen molar-refractivity contribution in [2.24, 2.45) is 5.92 Å². The van der Waals surface area contributed by atoms with E-state index in [9.17, 15) is 4.79 Å². The van der Waals surface area contributed by atoms with Crippen LogP contribution in [0.1, 0.15) is 30.5 Å². The number of hydrogen-bond acceptors (Lipinski definition) is 2. The van der Waals surface area contributed by atoms with Crippen LogP contribution in [0.2, 0.25) is 0 Å². The summed E-state index contributed by atoms with van der Waals surface area (Å²) < 4.78 is -0.340. The van der Waals surface area contributed by atoms with Gasteiger partial charge in [-0.3, -0.25) is 4.79 Å². The predicted octanol–water partition coefficient (Wildman–Crippen LogP) is 5.94. The molecule has 0 N–H and O–H groups in total. The molecular formula is C24H24OS. The molecule has 0 fully saturated rings. The molecule has 132 valence electrons. The van der Waals surface area contributed by atoms with E-state index < -0.39 is 0 Å². The molecular weight excluding hydrogens is 336 g/mol. The van der Waals surface area contributed by atoms with Gasteiger partial charge in [0.25, 0.3) is 0 Å². The van der Waals surface area contributed by atoms with Gasteiger partial charge in [0, 0.05) is 11.7 Å². The molecule has 0 bridgehead atoms. The Kier molecular flexibility index (Phi) is 5.95. The summed E-state index contributed by atoms with van der Waals surface area (Å²) in [5, 5.41) is 0. The van der Waals surface area contributed by atoms with E-state index >= 15 is 0 Å². The van der Waals surface area contributed by atoms with Crippen LogP contribution in [-0.2, 0) is 9.54 Å². The molecule has 0 spiro atoms. The number of benzene rings is 3.